The van der Waals surface area contributed by atoms with Crippen LogP contribution in [0.2, 0.25) is 0 Å². The van der Waals surface area contributed by atoms with E-state index in [2.05, 4.69) is 6.92 Å². The van der Waals surface area contributed by atoms with Crippen molar-refractivity contribution in [3.8, 4) is 0 Å². The van der Waals surface area contributed by atoms with Gasteiger partial charge in [0.05, 0.1) is 18.3 Å². The van der Waals surface area contributed by atoms with Gasteiger partial charge in [-0.05, 0) is 19.3 Å². The third kappa shape index (κ3) is 12.7. The summed E-state index contributed by atoms with van der Waals surface area (Å²) < 4.78 is 5.69. The number of carboxylic acid groups (broad SMARTS) is 1. The smallest absolute Gasteiger partial charge is 0.328 e. The second kappa shape index (κ2) is 14.5. The number of epoxide rings is 1. The maximum absolute atomic E-state index is 10.3. The van der Waals surface area contributed by atoms with Gasteiger partial charge in [0.15, 0.2) is 0 Å². The van der Waals surface area contributed by atoms with Crippen molar-refractivity contribution in [1.82, 2.24) is 0 Å². The molecule has 2 N–H and O–H groups in total. The third-order valence-corrected chi connectivity index (χ3v) is 4.40. The minimum atomic E-state index is -0.962. The van der Waals surface area contributed by atoms with Gasteiger partial charge in [-0.25, -0.2) is 4.79 Å². The molecule has 1 rings (SSSR count). The summed E-state index contributed by atoms with van der Waals surface area (Å²) in [4.78, 5) is 10.3. The standard InChI is InChI=1S/C22H34O4/c1-2-3-4-5-9-12-15-20-21(26-20)18-17-19(23)14-11-8-6-7-10-13-16-22(24)25/h6-8,10-11,13-14,16,19-21,23H,2-5,9,12,15,17-18H2,1H3,(H,24,25)/b8-6+,10-7+,14-11+,16-13+. The van der Waals surface area contributed by atoms with Crippen LogP contribution < -0.4 is 0 Å². The molecular formula is C22H34O4. The van der Waals surface area contributed by atoms with Gasteiger partial charge in [0.25, 0.3) is 0 Å². The normalized spacial score (nSPS) is 21.5. The molecule has 0 spiro atoms. The van der Waals surface area contributed by atoms with Crippen LogP contribution in [0.15, 0.2) is 48.6 Å². The van der Waals surface area contributed by atoms with E-state index in [4.69, 9.17) is 9.84 Å². The van der Waals surface area contributed by atoms with Crippen LogP contribution in [-0.2, 0) is 9.53 Å². The number of hydrogen-bond donors (Lipinski definition) is 2. The number of rotatable bonds is 15. The molecular weight excluding hydrogens is 328 g/mol. The fraction of sp³-hybridized carbons (Fsp3) is 0.591. The van der Waals surface area contributed by atoms with E-state index in [-0.39, 0.29) is 0 Å². The number of allylic oxidation sites excluding steroid dienone is 6. The van der Waals surface area contributed by atoms with Crippen LogP contribution in [0, 0.1) is 0 Å². The van der Waals surface area contributed by atoms with Crippen LogP contribution in [0.5, 0.6) is 0 Å². The average molecular weight is 363 g/mol. The molecule has 4 nitrogen and oxygen atoms in total. The predicted octanol–water partition coefficient (Wildman–Crippen LogP) is 4.95. The maximum Gasteiger partial charge on any atom is 0.328 e. The molecule has 0 aromatic heterocycles. The van der Waals surface area contributed by atoms with E-state index in [1.165, 1.54) is 44.6 Å². The van der Waals surface area contributed by atoms with Crippen LogP contribution in [0.4, 0.5) is 0 Å². The van der Waals surface area contributed by atoms with E-state index >= 15 is 0 Å². The molecule has 0 aromatic carbocycles. The second-order valence-electron chi connectivity index (χ2n) is 6.77. The number of aliphatic hydroxyl groups is 1. The Hall–Kier alpha value is -1.65. The summed E-state index contributed by atoms with van der Waals surface area (Å²) in [6, 6.07) is 0. The summed E-state index contributed by atoms with van der Waals surface area (Å²) >= 11 is 0. The lowest BCUT2D eigenvalue weighted by molar-refractivity contribution is -0.131. The summed E-state index contributed by atoms with van der Waals surface area (Å²) in [5.41, 5.74) is 0. The fourth-order valence-electron chi connectivity index (χ4n) is 2.83. The van der Waals surface area contributed by atoms with E-state index < -0.39 is 12.1 Å². The Kier molecular flexibility index (Phi) is 12.5. The highest BCUT2D eigenvalue weighted by Gasteiger charge is 2.37. The fourth-order valence-corrected chi connectivity index (χ4v) is 2.83. The first-order chi connectivity index (χ1) is 12.6. The van der Waals surface area contributed by atoms with Crippen molar-refractivity contribution in [2.24, 2.45) is 0 Å². The van der Waals surface area contributed by atoms with Gasteiger partial charge in [0, 0.05) is 6.08 Å². The number of carboxylic acids is 1. The van der Waals surface area contributed by atoms with Gasteiger partial charge in [-0.2, -0.15) is 0 Å². The largest absolute Gasteiger partial charge is 0.478 e. The van der Waals surface area contributed by atoms with Crippen LogP contribution in [0.1, 0.15) is 64.7 Å². The van der Waals surface area contributed by atoms with Crippen LogP contribution in [-0.4, -0.2) is 34.5 Å². The molecule has 4 heteroatoms. The van der Waals surface area contributed by atoms with Crippen LogP contribution in [0.25, 0.3) is 0 Å². The Labute approximate surface area is 158 Å². The number of unbranched alkanes of at least 4 members (excludes halogenated alkanes) is 5. The number of aliphatic carboxylic acids is 1. The molecule has 1 fully saturated rings. The lowest BCUT2D eigenvalue weighted by atomic mass is 10.0. The first kappa shape index (κ1) is 22.4. The molecule has 26 heavy (non-hydrogen) atoms. The minimum absolute atomic E-state index is 0.341. The van der Waals surface area contributed by atoms with Crippen molar-refractivity contribution in [2.75, 3.05) is 0 Å². The molecule has 0 aliphatic carbocycles. The van der Waals surface area contributed by atoms with Crippen LogP contribution in [0.3, 0.4) is 0 Å². The van der Waals surface area contributed by atoms with Crippen molar-refractivity contribution in [3.63, 3.8) is 0 Å². The minimum Gasteiger partial charge on any atom is -0.478 e. The molecule has 0 aromatic rings. The molecule has 0 amide bonds. The number of aliphatic hydroxyl groups excluding tert-OH is 1. The lowest BCUT2D eigenvalue weighted by Crippen LogP contribution is -2.05. The second-order valence-corrected chi connectivity index (χ2v) is 6.77. The topological polar surface area (TPSA) is 70.1 Å². The zero-order chi connectivity index (χ0) is 19.0. The monoisotopic (exact) mass is 362 g/mol. The zero-order valence-electron chi connectivity index (χ0n) is 15.9. The molecule has 1 aliphatic rings. The Morgan fingerprint density at radius 1 is 0.923 bits per heavy atom. The van der Waals surface area contributed by atoms with E-state index in [1.807, 2.05) is 6.08 Å². The van der Waals surface area contributed by atoms with E-state index in [0.29, 0.717) is 12.2 Å². The molecule has 3 unspecified atom stereocenters. The molecule has 3 atom stereocenters. The van der Waals surface area contributed by atoms with Gasteiger partial charge in [0.2, 0.25) is 0 Å². The number of carbonyl (C=O) groups is 1. The van der Waals surface area contributed by atoms with Crippen molar-refractivity contribution in [2.45, 2.75) is 83.0 Å². The Morgan fingerprint density at radius 2 is 1.54 bits per heavy atom. The molecule has 0 radical (unpaired) electrons. The van der Waals surface area contributed by atoms with E-state index in [1.54, 1.807) is 30.4 Å². The summed E-state index contributed by atoms with van der Waals surface area (Å²) in [7, 11) is 0. The van der Waals surface area contributed by atoms with Gasteiger partial charge in [-0.15, -0.1) is 0 Å². The molecule has 0 saturated carbocycles. The SMILES string of the molecule is CCCCCCCCC1OC1CCC(O)/C=C/C=C/C=C/C=C/C(=O)O. The van der Waals surface area contributed by atoms with Gasteiger partial charge in [-0.1, -0.05) is 88.0 Å². The van der Waals surface area contributed by atoms with Crippen molar-refractivity contribution in [1.29, 1.82) is 0 Å². The summed E-state index contributed by atoms with van der Waals surface area (Å²) in [5.74, 6) is -0.962. The molecule has 1 saturated heterocycles. The molecule has 0 bridgehead atoms. The van der Waals surface area contributed by atoms with Gasteiger partial charge >= 0.3 is 5.97 Å². The Morgan fingerprint density at radius 3 is 2.27 bits per heavy atom. The van der Waals surface area contributed by atoms with Crippen molar-refractivity contribution < 1.29 is 19.7 Å². The van der Waals surface area contributed by atoms with E-state index in [9.17, 15) is 9.90 Å². The van der Waals surface area contributed by atoms with Gasteiger partial charge < -0.3 is 14.9 Å². The third-order valence-electron chi connectivity index (χ3n) is 4.40. The predicted molar refractivity (Wildman–Crippen MR) is 106 cm³/mol. The maximum atomic E-state index is 10.3. The Bertz CT molecular complexity index is 490. The highest BCUT2D eigenvalue weighted by atomic mass is 16.6. The van der Waals surface area contributed by atoms with Gasteiger partial charge in [0.1, 0.15) is 0 Å². The highest BCUT2D eigenvalue weighted by Crippen LogP contribution is 2.31. The molecule has 1 aliphatic heterocycles. The first-order valence-corrected chi connectivity index (χ1v) is 9.88. The van der Waals surface area contributed by atoms with Crippen molar-refractivity contribution in [3.05, 3.63) is 48.6 Å². The number of ether oxygens (including phenoxy) is 1. The van der Waals surface area contributed by atoms with E-state index in [0.717, 1.165) is 25.3 Å². The lowest BCUT2D eigenvalue weighted by Gasteiger charge is -2.02. The summed E-state index contributed by atoms with van der Waals surface area (Å²) in [5, 5.41) is 18.4. The first-order valence-electron chi connectivity index (χ1n) is 9.88. The quantitative estimate of drug-likeness (QED) is 0.187. The van der Waals surface area contributed by atoms with Crippen molar-refractivity contribution >= 4 is 5.97 Å². The average Bonchev–Trinajstić information content (AvgIpc) is 3.36. The van der Waals surface area contributed by atoms with Gasteiger partial charge in [-0.3, -0.25) is 0 Å². The Balaban J connectivity index is 2.01. The summed E-state index contributed by atoms with van der Waals surface area (Å²) in [6.45, 7) is 2.24. The summed E-state index contributed by atoms with van der Waals surface area (Å²) in [6.07, 6.45) is 24.1. The number of hydrogen-bond acceptors (Lipinski definition) is 3. The van der Waals surface area contributed by atoms with Crippen LogP contribution >= 0.6 is 0 Å². The zero-order valence-corrected chi connectivity index (χ0v) is 15.9. The molecule has 1 heterocycles. The highest BCUT2D eigenvalue weighted by molar-refractivity contribution is 5.80. The molecule has 146 valence electrons.